The second-order valence-corrected chi connectivity index (χ2v) is 5.70. The summed E-state index contributed by atoms with van der Waals surface area (Å²) in [6.07, 6.45) is 0. The fourth-order valence-corrected chi connectivity index (χ4v) is 3.39. The monoisotopic (exact) mass is 292 g/mol. The number of rotatable bonds is 3. The maximum absolute atomic E-state index is 13.7. The molecule has 106 valence electrons. The molecule has 0 aliphatic carbocycles. The highest BCUT2D eigenvalue weighted by Crippen LogP contribution is 2.36. The maximum Gasteiger partial charge on any atom is 0.165 e. The van der Waals surface area contributed by atoms with Gasteiger partial charge in [0, 0.05) is 31.7 Å². The lowest BCUT2D eigenvalue weighted by molar-refractivity contribution is 0.195. The number of aromatic hydroxyl groups is 1. The highest BCUT2D eigenvalue weighted by molar-refractivity contribution is 7.08. The molecule has 1 saturated heterocycles. The van der Waals surface area contributed by atoms with Gasteiger partial charge in [0.2, 0.25) is 0 Å². The molecule has 0 bridgehead atoms. The van der Waals surface area contributed by atoms with E-state index in [1.54, 1.807) is 17.4 Å². The van der Waals surface area contributed by atoms with Crippen LogP contribution in [0.15, 0.2) is 35.0 Å². The van der Waals surface area contributed by atoms with Crippen molar-refractivity contribution in [2.45, 2.75) is 6.04 Å². The highest BCUT2D eigenvalue weighted by atomic mass is 32.1. The number of nitrogens with zero attached hydrogens (tertiary/aromatic N) is 1. The molecule has 0 amide bonds. The van der Waals surface area contributed by atoms with Crippen molar-refractivity contribution >= 4 is 11.3 Å². The molecule has 1 aromatic carbocycles. The molecule has 3 nitrogen and oxygen atoms in total. The molecule has 20 heavy (non-hydrogen) atoms. The molecule has 2 N–H and O–H groups in total. The molecule has 1 aliphatic heterocycles. The van der Waals surface area contributed by atoms with E-state index in [1.165, 1.54) is 6.07 Å². The topological polar surface area (TPSA) is 35.5 Å². The van der Waals surface area contributed by atoms with Gasteiger partial charge in [-0.3, -0.25) is 4.90 Å². The lowest BCUT2D eigenvalue weighted by Crippen LogP contribution is -2.45. The lowest BCUT2D eigenvalue weighted by Gasteiger charge is -2.35. The van der Waals surface area contributed by atoms with E-state index in [2.05, 4.69) is 15.6 Å². The summed E-state index contributed by atoms with van der Waals surface area (Å²) < 4.78 is 13.7. The Hall–Kier alpha value is -1.43. The van der Waals surface area contributed by atoms with E-state index in [-0.39, 0.29) is 11.8 Å². The first-order valence-electron chi connectivity index (χ1n) is 6.71. The van der Waals surface area contributed by atoms with Crippen LogP contribution < -0.4 is 5.32 Å². The molecular formula is C15H17FN2OS. The van der Waals surface area contributed by atoms with Gasteiger partial charge in [0.25, 0.3) is 0 Å². The predicted molar refractivity (Wildman–Crippen MR) is 78.7 cm³/mol. The van der Waals surface area contributed by atoms with Crippen LogP contribution in [0, 0.1) is 5.82 Å². The zero-order valence-electron chi connectivity index (χ0n) is 11.1. The Morgan fingerprint density at radius 3 is 2.75 bits per heavy atom. The smallest absolute Gasteiger partial charge is 0.165 e. The van der Waals surface area contributed by atoms with Crippen LogP contribution in [0.4, 0.5) is 4.39 Å². The first kappa shape index (κ1) is 13.5. The minimum atomic E-state index is -0.558. The van der Waals surface area contributed by atoms with Crippen molar-refractivity contribution in [3.63, 3.8) is 0 Å². The van der Waals surface area contributed by atoms with E-state index in [0.717, 1.165) is 31.7 Å². The van der Waals surface area contributed by atoms with Crippen LogP contribution in [0.1, 0.15) is 17.2 Å². The van der Waals surface area contributed by atoms with Gasteiger partial charge in [-0.05, 0) is 28.5 Å². The number of thiophene rings is 1. The molecule has 1 atom stereocenters. The van der Waals surface area contributed by atoms with Crippen molar-refractivity contribution < 1.29 is 9.50 Å². The Morgan fingerprint density at radius 2 is 2.05 bits per heavy atom. The summed E-state index contributed by atoms with van der Waals surface area (Å²) in [6.45, 7) is 3.60. The van der Waals surface area contributed by atoms with E-state index in [1.807, 2.05) is 17.5 Å². The third-order valence-electron chi connectivity index (χ3n) is 3.69. The van der Waals surface area contributed by atoms with Gasteiger partial charge in [0.05, 0.1) is 6.04 Å². The molecule has 3 rings (SSSR count). The Balaban J connectivity index is 2.03. The molecule has 2 heterocycles. The maximum atomic E-state index is 13.7. The Morgan fingerprint density at radius 1 is 1.25 bits per heavy atom. The average molecular weight is 292 g/mol. The molecule has 2 aromatic rings. The fraction of sp³-hybridized carbons (Fsp3) is 0.333. The van der Waals surface area contributed by atoms with E-state index in [4.69, 9.17) is 0 Å². The van der Waals surface area contributed by atoms with Crippen LogP contribution in [0.3, 0.4) is 0 Å². The van der Waals surface area contributed by atoms with Crippen molar-refractivity contribution in [2.24, 2.45) is 0 Å². The number of para-hydroxylation sites is 1. The minimum Gasteiger partial charge on any atom is -0.505 e. The number of hydrogen-bond donors (Lipinski definition) is 2. The first-order chi connectivity index (χ1) is 9.77. The van der Waals surface area contributed by atoms with E-state index in [0.29, 0.717) is 5.56 Å². The van der Waals surface area contributed by atoms with E-state index < -0.39 is 5.82 Å². The third kappa shape index (κ3) is 2.57. The summed E-state index contributed by atoms with van der Waals surface area (Å²) in [5.74, 6) is -0.792. The quantitative estimate of drug-likeness (QED) is 0.913. The number of benzene rings is 1. The Labute approximate surface area is 121 Å². The molecule has 1 aliphatic rings. The minimum absolute atomic E-state index is 0.0842. The Bertz CT molecular complexity index is 567. The van der Waals surface area contributed by atoms with Gasteiger partial charge in [-0.2, -0.15) is 11.3 Å². The van der Waals surface area contributed by atoms with Crippen LogP contribution >= 0.6 is 11.3 Å². The summed E-state index contributed by atoms with van der Waals surface area (Å²) in [6, 6.07) is 6.72. The number of phenols is 1. The first-order valence-corrected chi connectivity index (χ1v) is 7.66. The lowest BCUT2D eigenvalue weighted by atomic mass is 9.97. The number of halogens is 1. The van der Waals surface area contributed by atoms with Crippen molar-refractivity contribution in [1.82, 2.24) is 10.2 Å². The van der Waals surface area contributed by atoms with Crippen molar-refractivity contribution in [2.75, 3.05) is 26.2 Å². The van der Waals surface area contributed by atoms with Gasteiger partial charge in [0.1, 0.15) is 0 Å². The van der Waals surface area contributed by atoms with Crippen LogP contribution in [-0.2, 0) is 0 Å². The zero-order chi connectivity index (χ0) is 13.9. The SMILES string of the molecule is Oc1c(F)cccc1[C@@H](c1ccsc1)N1CCNCC1. The van der Waals surface area contributed by atoms with Gasteiger partial charge >= 0.3 is 0 Å². The Kier molecular flexibility index (Phi) is 4.00. The number of hydrogen-bond acceptors (Lipinski definition) is 4. The second kappa shape index (κ2) is 5.91. The van der Waals surface area contributed by atoms with Gasteiger partial charge in [-0.25, -0.2) is 4.39 Å². The molecule has 1 fully saturated rings. The van der Waals surface area contributed by atoms with Gasteiger partial charge in [-0.1, -0.05) is 12.1 Å². The van der Waals surface area contributed by atoms with E-state index >= 15 is 0 Å². The van der Waals surface area contributed by atoms with Crippen LogP contribution in [-0.4, -0.2) is 36.2 Å². The van der Waals surface area contributed by atoms with Gasteiger partial charge in [-0.15, -0.1) is 0 Å². The summed E-state index contributed by atoms with van der Waals surface area (Å²) in [4.78, 5) is 2.28. The van der Waals surface area contributed by atoms with Crippen LogP contribution in [0.2, 0.25) is 0 Å². The molecule has 0 unspecified atom stereocenters. The van der Waals surface area contributed by atoms with Crippen molar-refractivity contribution in [1.29, 1.82) is 0 Å². The summed E-state index contributed by atoms with van der Waals surface area (Å²) in [5.41, 5.74) is 1.75. The van der Waals surface area contributed by atoms with Gasteiger partial charge < -0.3 is 10.4 Å². The normalized spacial score (nSPS) is 18.1. The highest BCUT2D eigenvalue weighted by Gasteiger charge is 2.27. The van der Waals surface area contributed by atoms with E-state index in [9.17, 15) is 9.50 Å². The molecule has 0 radical (unpaired) electrons. The number of piperazine rings is 1. The molecule has 0 saturated carbocycles. The summed E-state index contributed by atoms with van der Waals surface area (Å²) >= 11 is 1.62. The fourth-order valence-electron chi connectivity index (χ4n) is 2.71. The predicted octanol–water partition coefficient (Wildman–Crippen LogP) is 2.59. The second-order valence-electron chi connectivity index (χ2n) is 4.92. The standard InChI is InChI=1S/C15H17FN2OS/c16-13-3-1-2-12(15(13)19)14(11-4-9-20-10-11)18-7-5-17-6-8-18/h1-4,9-10,14,17,19H,5-8H2/t14-/m1/s1. The van der Waals surface area contributed by atoms with Crippen LogP contribution in [0.5, 0.6) is 5.75 Å². The summed E-state index contributed by atoms with van der Waals surface area (Å²) in [5, 5.41) is 17.5. The summed E-state index contributed by atoms with van der Waals surface area (Å²) in [7, 11) is 0. The number of phenolic OH excluding ortho intramolecular Hbond substituents is 1. The van der Waals surface area contributed by atoms with Crippen molar-refractivity contribution in [3.8, 4) is 5.75 Å². The largest absolute Gasteiger partial charge is 0.505 e. The molecule has 5 heteroatoms. The average Bonchev–Trinajstić information content (AvgIpc) is 2.99. The molecule has 0 spiro atoms. The third-order valence-corrected chi connectivity index (χ3v) is 4.39. The van der Waals surface area contributed by atoms with Crippen molar-refractivity contribution in [3.05, 3.63) is 52.0 Å². The molecular weight excluding hydrogens is 275 g/mol. The molecule has 1 aromatic heterocycles. The van der Waals surface area contributed by atoms with Crippen LogP contribution in [0.25, 0.3) is 0 Å². The number of nitrogens with one attached hydrogen (secondary N) is 1. The van der Waals surface area contributed by atoms with Gasteiger partial charge in [0.15, 0.2) is 11.6 Å². The zero-order valence-corrected chi connectivity index (χ0v) is 11.9.